The molecule has 2 aromatic carbocycles. The number of benzene rings is 2. The summed E-state index contributed by atoms with van der Waals surface area (Å²) in [6, 6.07) is 13.7. The van der Waals surface area contributed by atoms with Gasteiger partial charge in [-0.15, -0.1) is 0 Å². The Bertz CT molecular complexity index is 605. The van der Waals surface area contributed by atoms with Crippen molar-refractivity contribution in [3.63, 3.8) is 0 Å². The number of nitrogens with zero attached hydrogens (tertiary/aromatic N) is 1. The number of amides is 1. The zero-order valence-corrected chi connectivity index (χ0v) is 13.4. The number of carbonyl (C=O) groups is 1. The first-order chi connectivity index (χ1) is 9.00. The highest BCUT2D eigenvalue weighted by atomic mass is 127. The Morgan fingerprint density at radius 2 is 1.68 bits per heavy atom. The van der Waals surface area contributed by atoms with E-state index in [1.165, 1.54) is 5.56 Å². The van der Waals surface area contributed by atoms with Gasteiger partial charge >= 0.3 is 0 Å². The number of anilines is 1. The van der Waals surface area contributed by atoms with E-state index in [0.29, 0.717) is 5.56 Å². The maximum atomic E-state index is 12.4. The number of hydrogen-bond acceptors (Lipinski definition) is 1. The van der Waals surface area contributed by atoms with Gasteiger partial charge in [-0.05, 0) is 77.9 Å². The maximum Gasteiger partial charge on any atom is 0.258 e. The van der Waals surface area contributed by atoms with Crippen LogP contribution in [0.4, 0.5) is 5.69 Å². The molecule has 0 bridgehead atoms. The average Bonchev–Trinajstić information content (AvgIpc) is 2.41. The second kappa shape index (κ2) is 5.74. The Morgan fingerprint density at radius 3 is 2.32 bits per heavy atom. The summed E-state index contributed by atoms with van der Waals surface area (Å²) in [5.74, 6) is 0.0186. The summed E-state index contributed by atoms with van der Waals surface area (Å²) in [7, 11) is 1.82. The standard InChI is InChI=1S/C16H16INO/c1-11-5-4-6-15(12(11)2)18(3)16(19)13-7-9-14(17)10-8-13/h4-10H,1-3H3. The number of hydrogen-bond donors (Lipinski definition) is 0. The molecule has 0 fully saturated rings. The van der Waals surface area contributed by atoms with E-state index in [1.54, 1.807) is 4.90 Å². The van der Waals surface area contributed by atoms with Crippen molar-refractivity contribution >= 4 is 34.2 Å². The summed E-state index contributed by atoms with van der Waals surface area (Å²) in [5, 5.41) is 0. The first kappa shape index (κ1) is 14.1. The Balaban J connectivity index is 2.33. The van der Waals surface area contributed by atoms with Gasteiger partial charge in [-0.3, -0.25) is 4.79 Å². The van der Waals surface area contributed by atoms with Crippen LogP contribution in [0.25, 0.3) is 0 Å². The van der Waals surface area contributed by atoms with E-state index in [-0.39, 0.29) is 5.91 Å². The number of rotatable bonds is 2. The van der Waals surface area contributed by atoms with Crippen LogP contribution in [0.3, 0.4) is 0 Å². The predicted octanol–water partition coefficient (Wildman–Crippen LogP) is 4.18. The fourth-order valence-corrected chi connectivity index (χ4v) is 2.35. The zero-order valence-electron chi connectivity index (χ0n) is 11.3. The largest absolute Gasteiger partial charge is 0.311 e. The highest BCUT2D eigenvalue weighted by Gasteiger charge is 2.15. The van der Waals surface area contributed by atoms with E-state index in [0.717, 1.165) is 14.8 Å². The molecule has 2 aromatic rings. The molecule has 2 nitrogen and oxygen atoms in total. The minimum atomic E-state index is 0.0186. The lowest BCUT2D eigenvalue weighted by Gasteiger charge is -2.20. The summed E-state index contributed by atoms with van der Waals surface area (Å²) < 4.78 is 1.13. The van der Waals surface area contributed by atoms with Gasteiger partial charge in [0.15, 0.2) is 0 Å². The summed E-state index contributed by atoms with van der Waals surface area (Å²) in [6.45, 7) is 4.10. The van der Waals surface area contributed by atoms with Gasteiger partial charge in [0.2, 0.25) is 0 Å². The molecule has 0 saturated carbocycles. The lowest BCUT2D eigenvalue weighted by Crippen LogP contribution is -2.27. The van der Waals surface area contributed by atoms with Crippen LogP contribution in [-0.4, -0.2) is 13.0 Å². The second-order valence-electron chi connectivity index (χ2n) is 4.59. The zero-order chi connectivity index (χ0) is 14.0. The number of halogens is 1. The Labute approximate surface area is 127 Å². The average molecular weight is 365 g/mol. The van der Waals surface area contributed by atoms with E-state index in [1.807, 2.05) is 50.4 Å². The minimum Gasteiger partial charge on any atom is -0.311 e. The Kier molecular flexibility index (Phi) is 4.24. The first-order valence-corrected chi connectivity index (χ1v) is 7.18. The quantitative estimate of drug-likeness (QED) is 0.731. The van der Waals surface area contributed by atoms with Crippen molar-refractivity contribution in [2.45, 2.75) is 13.8 Å². The Hall–Kier alpha value is -1.36. The summed E-state index contributed by atoms with van der Waals surface area (Å²) in [5.41, 5.74) is 4.01. The molecular formula is C16H16INO. The smallest absolute Gasteiger partial charge is 0.258 e. The molecule has 0 heterocycles. The molecule has 0 spiro atoms. The van der Waals surface area contributed by atoms with Crippen LogP contribution < -0.4 is 4.90 Å². The molecule has 19 heavy (non-hydrogen) atoms. The van der Waals surface area contributed by atoms with Gasteiger partial charge in [-0.2, -0.15) is 0 Å². The van der Waals surface area contributed by atoms with Gasteiger partial charge in [-0.1, -0.05) is 12.1 Å². The van der Waals surface area contributed by atoms with Crippen LogP contribution in [0, 0.1) is 17.4 Å². The third kappa shape index (κ3) is 2.97. The molecule has 2 rings (SSSR count). The maximum absolute atomic E-state index is 12.4. The normalized spacial score (nSPS) is 10.3. The van der Waals surface area contributed by atoms with Crippen molar-refractivity contribution in [1.82, 2.24) is 0 Å². The highest BCUT2D eigenvalue weighted by molar-refractivity contribution is 14.1. The fourth-order valence-electron chi connectivity index (χ4n) is 1.99. The second-order valence-corrected chi connectivity index (χ2v) is 5.84. The van der Waals surface area contributed by atoms with E-state index in [2.05, 4.69) is 35.6 Å². The van der Waals surface area contributed by atoms with Gasteiger partial charge < -0.3 is 4.90 Å². The monoisotopic (exact) mass is 365 g/mol. The van der Waals surface area contributed by atoms with Gasteiger partial charge in [0, 0.05) is 21.9 Å². The molecule has 0 saturated heterocycles. The fraction of sp³-hybridized carbons (Fsp3) is 0.188. The van der Waals surface area contributed by atoms with Crippen molar-refractivity contribution < 1.29 is 4.79 Å². The molecular weight excluding hydrogens is 349 g/mol. The Morgan fingerprint density at radius 1 is 1.05 bits per heavy atom. The van der Waals surface area contributed by atoms with Gasteiger partial charge in [0.1, 0.15) is 0 Å². The first-order valence-electron chi connectivity index (χ1n) is 6.10. The molecule has 0 N–H and O–H groups in total. The summed E-state index contributed by atoms with van der Waals surface area (Å²) in [4.78, 5) is 14.2. The predicted molar refractivity (Wildman–Crippen MR) is 87.8 cm³/mol. The summed E-state index contributed by atoms with van der Waals surface area (Å²) in [6.07, 6.45) is 0. The number of aryl methyl sites for hydroxylation is 1. The van der Waals surface area contributed by atoms with Crippen molar-refractivity contribution in [1.29, 1.82) is 0 Å². The molecule has 0 aromatic heterocycles. The lowest BCUT2D eigenvalue weighted by molar-refractivity contribution is 0.0993. The molecule has 3 heteroatoms. The molecule has 0 atom stereocenters. The van der Waals surface area contributed by atoms with Crippen LogP contribution in [0.1, 0.15) is 21.5 Å². The van der Waals surface area contributed by atoms with Gasteiger partial charge in [-0.25, -0.2) is 0 Å². The van der Waals surface area contributed by atoms with Crippen molar-refractivity contribution in [2.75, 3.05) is 11.9 Å². The van der Waals surface area contributed by atoms with Gasteiger partial charge in [0.05, 0.1) is 0 Å². The third-order valence-electron chi connectivity index (χ3n) is 3.33. The van der Waals surface area contributed by atoms with E-state index < -0.39 is 0 Å². The summed E-state index contributed by atoms with van der Waals surface area (Å²) >= 11 is 2.23. The van der Waals surface area contributed by atoms with E-state index in [4.69, 9.17) is 0 Å². The van der Waals surface area contributed by atoms with Gasteiger partial charge in [0.25, 0.3) is 5.91 Å². The number of carbonyl (C=O) groups excluding carboxylic acids is 1. The lowest BCUT2D eigenvalue weighted by atomic mass is 10.1. The van der Waals surface area contributed by atoms with Crippen LogP contribution in [0.15, 0.2) is 42.5 Å². The molecule has 98 valence electrons. The SMILES string of the molecule is Cc1cccc(N(C)C(=O)c2ccc(I)cc2)c1C. The molecule has 0 radical (unpaired) electrons. The van der Waals surface area contributed by atoms with Crippen molar-refractivity contribution in [3.8, 4) is 0 Å². The van der Waals surface area contributed by atoms with Crippen molar-refractivity contribution in [3.05, 3.63) is 62.7 Å². The molecule has 0 aliphatic carbocycles. The topological polar surface area (TPSA) is 20.3 Å². The van der Waals surface area contributed by atoms with Crippen molar-refractivity contribution in [2.24, 2.45) is 0 Å². The van der Waals surface area contributed by atoms with Crippen LogP contribution in [-0.2, 0) is 0 Å². The molecule has 1 amide bonds. The highest BCUT2D eigenvalue weighted by Crippen LogP contribution is 2.23. The minimum absolute atomic E-state index is 0.0186. The molecule has 0 aliphatic heterocycles. The third-order valence-corrected chi connectivity index (χ3v) is 4.05. The van der Waals surface area contributed by atoms with Crippen LogP contribution in [0.5, 0.6) is 0 Å². The van der Waals surface area contributed by atoms with E-state index >= 15 is 0 Å². The van der Waals surface area contributed by atoms with Crippen LogP contribution >= 0.6 is 22.6 Å². The molecule has 0 aliphatic rings. The molecule has 0 unspecified atom stereocenters. The van der Waals surface area contributed by atoms with Crippen LogP contribution in [0.2, 0.25) is 0 Å². The van der Waals surface area contributed by atoms with E-state index in [9.17, 15) is 4.79 Å².